The van der Waals surface area contributed by atoms with E-state index in [1.54, 1.807) is 0 Å². The predicted molar refractivity (Wildman–Crippen MR) is 78.3 cm³/mol. The first-order chi connectivity index (χ1) is 8.58. The Labute approximate surface area is 111 Å². The van der Waals surface area contributed by atoms with Gasteiger partial charge in [0.25, 0.3) is 0 Å². The van der Waals surface area contributed by atoms with Crippen LogP contribution in [-0.4, -0.2) is 37.6 Å². The molecule has 1 fully saturated rings. The van der Waals surface area contributed by atoms with Crippen molar-refractivity contribution < 1.29 is 0 Å². The normalized spacial score (nSPS) is 21.5. The van der Waals surface area contributed by atoms with Gasteiger partial charge >= 0.3 is 0 Å². The van der Waals surface area contributed by atoms with Crippen molar-refractivity contribution in [2.75, 3.05) is 26.7 Å². The fourth-order valence-corrected chi connectivity index (χ4v) is 2.61. The molecule has 2 rings (SSSR count). The molecule has 0 radical (unpaired) electrons. The van der Waals surface area contributed by atoms with Gasteiger partial charge in [0, 0.05) is 25.7 Å². The monoisotopic (exact) mass is 246 g/mol. The number of nitrogens with zero attached hydrogens (tertiary/aromatic N) is 1. The zero-order valence-electron chi connectivity index (χ0n) is 12.2. The lowest BCUT2D eigenvalue weighted by atomic mass is 9.93. The Balaban J connectivity index is 2.14. The van der Waals surface area contributed by atoms with E-state index in [2.05, 4.69) is 56.2 Å². The molecule has 1 aromatic rings. The van der Waals surface area contributed by atoms with Gasteiger partial charge in [0.15, 0.2) is 0 Å². The fraction of sp³-hybridized carbons (Fsp3) is 0.625. The molecule has 0 aliphatic carbocycles. The molecule has 2 nitrogen and oxygen atoms in total. The summed E-state index contributed by atoms with van der Waals surface area (Å²) in [4.78, 5) is 2.48. The summed E-state index contributed by atoms with van der Waals surface area (Å²) >= 11 is 0. The van der Waals surface area contributed by atoms with Crippen molar-refractivity contribution in [3.8, 4) is 0 Å². The summed E-state index contributed by atoms with van der Waals surface area (Å²) in [5.41, 5.74) is 4.40. The van der Waals surface area contributed by atoms with E-state index < -0.39 is 0 Å². The van der Waals surface area contributed by atoms with Crippen LogP contribution in [0.4, 0.5) is 0 Å². The van der Waals surface area contributed by atoms with Gasteiger partial charge in [-0.25, -0.2) is 0 Å². The third-order valence-corrected chi connectivity index (χ3v) is 4.14. The van der Waals surface area contributed by atoms with Crippen molar-refractivity contribution >= 4 is 0 Å². The van der Waals surface area contributed by atoms with E-state index in [0.29, 0.717) is 12.0 Å². The van der Waals surface area contributed by atoms with E-state index in [1.165, 1.54) is 16.7 Å². The Kier molecular flexibility index (Phi) is 4.41. The van der Waals surface area contributed by atoms with Crippen LogP contribution in [0.5, 0.6) is 0 Å². The maximum absolute atomic E-state index is 3.50. The van der Waals surface area contributed by atoms with Gasteiger partial charge in [-0.2, -0.15) is 0 Å². The molecule has 1 atom stereocenters. The average Bonchev–Trinajstić information content (AvgIpc) is 2.34. The molecular weight excluding hydrogens is 220 g/mol. The van der Waals surface area contributed by atoms with Gasteiger partial charge in [0.05, 0.1) is 0 Å². The molecule has 1 aliphatic rings. The van der Waals surface area contributed by atoms with Gasteiger partial charge in [-0.05, 0) is 43.0 Å². The maximum Gasteiger partial charge on any atom is 0.0258 e. The van der Waals surface area contributed by atoms with Crippen LogP contribution in [0.3, 0.4) is 0 Å². The Bertz CT molecular complexity index is 398. The van der Waals surface area contributed by atoms with Crippen molar-refractivity contribution in [1.82, 2.24) is 10.2 Å². The van der Waals surface area contributed by atoms with Crippen LogP contribution in [0.2, 0.25) is 0 Å². The quantitative estimate of drug-likeness (QED) is 0.882. The predicted octanol–water partition coefficient (Wildman–Crippen LogP) is 2.56. The van der Waals surface area contributed by atoms with E-state index in [1.807, 2.05) is 0 Å². The van der Waals surface area contributed by atoms with Crippen LogP contribution in [-0.2, 0) is 6.42 Å². The van der Waals surface area contributed by atoms with Crippen molar-refractivity contribution in [2.24, 2.45) is 0 Å². The summed E-state index contributed by atoms with van der Waals surface area (Å²) in [6.45, 7) is 10.2. The Morgan fingerprint density at radius 3 is 2.83 bits per heavy atom. The lowest BCUT2D eigenvalue weighted by molar-refractivity contribution is 0.199. The number of benzene rings is 1. The van der Waals surface area contributed by atoms with Gasteiger partial charge < -0.3 is 10.2 Å². The number of aryl methyl sites for hydroxylation is 1. The first-order valence-corrected chi connectivity index (χ1v) is 7.08. The van der Waals surface area contributed by atoms with E-state index >= 15 is 0 Å². The van der Waals surface area contributed by atoms with Crippen molar-refractivity contribution in [3.63, 3.8) is 0 Å². The Morgan fingerprint density at radius 2 is 2.17 bits per heavy atom. The van der Waals surface area contributed by atoms with Crippen LogP contribution < -0.4 is 5.32 Å². The standard InChI is InChI=1S/C16H26N2/c1-12(2)14-6-5-13(3)15(9-14)10-16-11-17-7-8-18(16)4/h5-6,9,12,16-17H,7-8,10-11H2,1-4H3. The second-order valence-corrected chi connectivity index (χ2v) is 5.88. The lowest BCUT2D eigenvalue weighted by Crippen LogP contribution is -2.50. The minimum atomic E-state index is 0.617. The highest BCUT2D eigenvalue weighted by Gasteiger charge is 2.19. The van der Waals surface area contributed by atoms with E-state index in [4.69, 9.17) is 0 Å². The summed E-state index contributed by atoms with van der Waals surface area (Å²) in [5.74, 6) is 0.617. The largest absolute Gasteiger partial charge is 0.314 e. The van der Waals surface area contributed by atoms with Gasteiger partial charge in [-0.3, -0.25) is 0 Å². The maximum atomic E-state index is 3.50. The van der Waals surface area contributed by atoms with Gasteiger partial charge in [0.2, 0.25) is 0 Å². The molecule has 2 heteroatoms. The molecule has 0 amide bonds. The summed E-state index contributed by atoms with van der Waals surface area (Å²) in [6.07, 6.45) is 1.16. The molecule has 1 heterocycles. The highest BCUT2D eigenvalue weighted by molar-refractivity contribution is 5.33. The van der Waals surface area contributed by atoms with Gasteiger partial charge in [-0.1, -0.05) is 32.0 Å². The van der Waals surface area contributed by atoms with Gasteiger partial charge in [-0.15, -0.1) is 0 Å². The molecule has 1 saturated heterocycles. The first kappa shape index (κ1) is 13.6. The van der Waals surface area contributed by atoms with Gasteiger partial charge in [0.1, 0.15) is 0 Å². The third kappa shape index (κ3) is 3.12. The molecule has 1 unspecified atom stereocenters. The van der Waals surface area contributed by atoms with E-state index in [-0.39, 0.29) is 0 Å². The molecule has 0 bridgehead atoms. The third-order valence-electron chi connectivity index (χ3n) is 4.14. The van der Waals surface area contributed by atoms with Crippen molar-refractivity contribution in [2.45, 2.75) is 39.2 Å². The number of hydrogen-bond donors (Lipinski definition) is 1. The molecule has 1 N–H and O–H groups in total. The SMILES string of the molecule is Cc1ccc(C(C)C)cc1CC1CNCCN1C. The molecule has 0 spiro atoms. The molecule has 0 saturated carbocycles. The zero-order chi connectivity index (χ0) is 13.1. The number of nitrogens with one attached hydrogen (secondary N) is 1. The zero-order valence-corrected chi connectivity index (χ0v) is 12.2. The second kappa shape index (κ2) is 5.85. The Hall–Kier alpha value is -0.860. The van der Waals surface area contributed by atoms with Crippen LogP contribution in [0.25, 0.3) is 0 Å². The summed E-state index contributed by atoms with van der Waals surface area (Å²) < 4.78 is 0. The van der Waals surface area contributed by atoms with Crippen LogP contribution in [0.1, 0.15) is 36.5 Å². The number of rotatable bonds is 3. The van der Waals surface area contributed by atoms with Crippen LogP contribution >= 0.6 is 0 Å². The molecule has 0 aromatic heterocycles. The molecule has 100 valence electrons. The van der Waals surface area contributed by atoms with Crippen LogP contribution in [0, 0.1) is 6.92 Å². The number of piperazine rings is 1. The highest BCUT2D eigenvalue weighted by Crippen LogP contribution is 2.20. The van der Waals surface area contributed by atoms with Crippen molar-refractivity contribution in [3.05, 3.63) is 34.9 Å². The summed E-state index contributed by atoms with van der Waals surface area (Å²) in [6, 6.07) is 7.59. The van der Waals surface area contributed by atoms with E-state index in [9.17, 15) is 0 Å². The molecular formula is C16H26N2. The summed E-state index contributed by atoms with van der Waals surface area (Å²) in [7, 11) is 2.24. The topological polar surface area (TPSA) is 15.3 Å². The second-order valence-electron chi connectivity index (χ2n) is 5.88. The summed E-state index contributed by atoms with van der Waals surface area (Å²) in [5, 5.41) is 3.50. The molecule has 18 heavy (non-hydrogen) atoms. The number of hydrogen-bond acceptors (Lipinski definition) is 2. The molecule has 1 aliphatic heterocycles. The highest BCUT2D eigenvalue weighted by atomic mass is 15.2. The molecule has 1 aromatic carbocycles. The average molecular weight is 246 g/mol. The lowest BCUT2D eigenvalue weighted by Gasteiger charge is -2.33. The number of likely N-dealkylation sites (N-methyl/N-ethyl adjacent to an activating group) is 1. The fourth-order valence-electron chi connectivity index (χ4n) is 2.61. The van der Waals surface area contributed by atoms with Crippen molar-refractivity contribution in [1.29, 1.82) is 0 Å². The smallest absolute Gasteiger partial charge is 0.0258 e. The van der Waals surface area contributed by atoms with Crippen LogP contribution in [0.15, 0.2) is 18.2 Å². The minimum Gasteiger partial charge on any atom is -0.314 e. The minimum absolute atomic E-state index is 0.617. The Morgan fingerprint density at radius 1 is 1.39 bits per heavy atom. The van der Waals surface area contributed by atoms with E-state index in [0.717, 1.165) is 26.1 Å². The first-order valence-electron chi connectivity index (χ1n) is 7.08.